The molecule has 2 unspecified atom stereocenters. The van der Waals surface area contributed by atoms with Crippen LogP contribution in [0.5, 0.6) is 0 Å². The lowest BCUT2D eigenvalue weighted by Gasteiger charge is -2.19. The summed E-state index contributed by atoms with van der Waals surface area (Å²) in [6.45, 7) is 7.18. The standard InChI is InChI=1S/C23H28N4S/c1-16-17(2)28-22(26-16)12-13-24-14-21-15-25-27-23(21)20-10-8-19(9-11-20)18-6-4-3-5-7-18/h3-11,21,23-25,27H,12-15H2,1-2H3. The number of nitrogens with zero attached hydrogens (tertiary/aromatic N) is 1. The third kappa shape index (κ3) is 4.50. The zero-order valence-corrected chi connectivity index (χ0v) is 17.4. The Balaban J connectivity index is 1.32. The number of hydrazine groups is 1. The highest BCUT2D eigenvalue weighted by molar-refractivity contribution is 7.11. The molecule has 28 heavy (non-hydrogen) atoms. The summed E-state index contributed by atoms with van der Waals surface area (Å²) in [6, 6.07) is 19.8. The molecule has 1 aromatic heterocycles. The fourth-order valence-corrected chi connectivity index (χ4v) is 4.66. The van der Waals surface area contributed by atoms with Crippen molar-refractivity contribution in [1.82, 2.24) is 21.2 Å². The molecule has 146 valence electrons. The maximum Gasteiger partial charge on any atom is 0.0943 e. The molecule has 0 saturated carbocycles. The fourth-order valence-electron chi connectivity index (χ4n) is 3.72. The molecule has 0 bridgehead atoms. The molecule has 4 nitrogen and oxygen atoms in total. The second-order valence-corrected chi connectivity index (χ2v) is 8.74. The lowest BCUT2D eigenvalue weighted by molar-refractivity contribution is 0.443. The Bertz CT molecular complexity index is 869. The van der Waals surface area contributed by atoms with E-state index in [0.717, 1.165) is 26.1 Å². The van der Waals surface area contributed by atoms with Crippen molar-refractivity contribution in [2.24, 2.45) is 5.92 Å². The number of hydrogen-bond acceptors (Lipinski definition) is 5. The number of aryl methyl sites for hydroxylation is 2. The van der Waals surface area contributed by atoms with Crippen LogP contribution in [0.3, 0.4) is 0 Å². The van der Waals surface area contributed by atoms with E-state index < -0.39 is 0 Å². The largest absolute Gasteiger partial charge is 0.316 e. The van der Waals surface area contributed by atoms with Crippen molar-refractivity contribution in [3.05, 3.63) is 75.7 Å². The second kappa shape index (κ2) is 8.97. The van der Waals surface area contributed by atoms with E-state index in [0.29, 0.717) is 12.0 Å². The Kier molecular flexibility index (Phi) is 6.17. The normalized spacial score (nSPS) is 19.2. The van der Waals surface area contributed by atoms with Gasteiger partial charge in [-0.3, -0.25) is 5.43 Å². The van der Waals surface area contributed by atoms with Crippen LogP contribution in [0.15, 0.2) is 54.6 Å². The van der Waals surface area contributed by atoms with Gasteiger partial charge in [-0.2, -0.15) is 0 Å². The molecule has 0 amide bonds. The van der Waals surface area contributed by atoms with Crippen molar-refractivity contribution in [2.75, 3.05) is 19.6 Å². The molecular formula is C23H28N4S. The molecule has 4 rings (SSSR count). The highest BCUT2D eigenvalue weighted by Crippen LogP contribution is 2.27. The lowest BCUT2D eigenvalue weighted by Crippen LogP contribution is -2.29. The molecule has 0 spiro atoms. The Hall–Kier alpha value is -2.05. The summed E-state index contributed by atoms with van der Waals surface area (Å²) in [5, 5.41) is 4.86. The van der Waals surface area contributed by atoms with Gasteiger partial charge in [-0.15, -0.1) is 11.3 Å². The van der Waals surface area contributed by atoms with E-state index in [1.165, 1.54) is 32.3 Å². The molecule has 1 saturated heterocycles. The maximum atomic E-state index is 4.63. The van der Waals surface area contributed by atoms with Crippen LogP contribution >= 0.6 is 11.3 Å². The monoisotopic (exact) mass is 392 g/mol. The number of benzene rings is 2. The van der Waals surface area contributed by atoms with Gasteiger partial charge in [0.15, 0.2) is 0 Å². The van der Waals surface area contributed by atoms with Gasteiger partial charge in [0.05, 0.1) is 16.7 Å². The molecule has 1 aliphatic rings. The minimum Gasteiger partial charge on any atom is -0.316 e. The smallest absolute Gasteiger partial charge is 0.0943 e. The summed E-state index contributed by atoms with van der Waals surface area (Å²) in [4.78, 5) is 5.96. The molecule has 2 atom stereocenters. The van der Waals surface area contributed by atoms with Crippen LogP contribution in [0.25, 0.3) is 11.1 Å². The quantitative estimate of drug-likeness (QED) is 0.532. The predicted octanol–water partition coefficient (Wildman–Crippen LogP) is 4.02. The van der Waals surface area contributed by atoms with Crippen LogP contribution in [-0.4, -0.2) is 24.6 Å². The van der Waals surface area contributed by atoms with Gasteiger partial charge in [0.25, 0.3) is 0 Å². The first kappa shape index (κ1) is 19.3. The van der Waals surface area contributed by atoms with Gasteiger partial charge in [0.2, 0.25) is 0 Å². The average Bonchev–Trinajstić information content (AvgIpc) is 3.32. The molecule has 1 fully saturated rings. The Morgan fingerprint density at radius 3 is 2.50 bits per heavy atom. The van der Waals surface area contributed by atoms with E-state index in [9.17, 15) is 0 Å². The van der Waals surface area contributed by atoms with E-state index in [1.807, 2.05) is 11.3 Å². The van der Waals surface area contributed by atoms with E-state index in [-0.39, 0.29) is 0 Å². The molecular weight excluding hydrogens is 364 g/mol. The van der Waals surface area contributed by atoms with Gasteiger partial charge in [-0.25, -0.2) is 10.4 Å². The zero-order valence-electron chi connectivity index (χ0n) is 16.5. The summed E-state index contributed by atoms with van der Waals surface area (Å²) in [5.41, 5.74) is 11.8. The molecule has 2 aromatic carbocycles. The zero-order chi connectivity index (χ0) is 19.3. The van der Waals surface area contributed by atoms with Crippen molar-refractivity contribution < 1.29 is 0 Å². The summed E-state index contributed by atoms with van der Waals surface area (Å²) in [7, 11) is 0. The van der Waals surface area contributed by atoms with Crippen LogP contribution in [0.4, 0.5) is 0 Å². The first-order chi connectivity index (χ1) is 13.7. The minimum absolute atomic E-state index is 0.335. The van der Waals surface area contributed by atoms with Gasteiger partial charge >= 0.3 is 0 Å². The van der Waals surface area contributed by atoms with Crippen molar-refractivity contribution in [3.63, 3.8) is 0 Å². The second-order valence-electron chi connectivity index (χ2n) is 7.45. The Labute approximate surface area is 171 Å². The maximum absolute atomic E-state index is 4.63. The van der Waals surface area contributed by atoms with E-state index in [1.54, 1.807) is 0 Å². The topological polar surface area (TPSA) is 49.0 Å². The van der Waals surface area contributed by atoms with Gasteiger partial charge in [-0.05, 0) is 30.5 Å². The third-order valence-electron chi connectivity index (χ3n) is 5.47. The molecule has 5 heteroatoms. The number of aromatic nitrogens is 1. The highest BCUT2D eigenvalue weighted by atomic mass is 32.1. The molecule has 3 N–H and O–H groups in total. The Morgan fingerprint density at radius 2 is 1.79 bits per heavy atom. The summed E-state index contributed by atoms with van der Waals surface area (Å²) < 4.78 is 0. The van der Waals surface area contributed by atoms with E-state index in [4.69, 9.17) is 0 Å². The van der Waals surface area contributed by atoms with Crippen LogP contribution in [-0.2, 0) is 6.42 Å². The van der Waals surface area contributed by atoms with Gasteiger partial charge < -0.3 is 5.32 Å². The van der Waals surface area contributed by atoms with Crippen LogP contribution in [0.1, 0.15) is 27.2 Å². The predicted molar refractivity (Wildman–Crippen MR) is 117 cm³/mol. The Morgan fingerprint density at radius 1 is 1.04 bits per heavy atom. The first-order valence-corrected chi connectivity index (χ1v) is 10.8. The van der Waals surface area contributed by atoms with Crippen LogP contribution in [0.2, 0.25) is 0 Å². The summed E-state index contributed by atoms with van der Waals surface area (Å²) in [5.74, 6) is 0.530. The molecule has 0 aliphatic carbocycles. The molecule has 2 heterocycles. The summed E-state index contributed by atoms with van der Waals surface area (Å²) in [6.07, 6.45) is 1.00. The number of rotatable bonds is 7. The molecule has 3 aromatic rings. The SMILES string of the molecule is Cc1nc(CCNCC2CNNC2c2ccc(-c3ccccc3)cc2)sc1C. The summed E-state index contributed by atoms with van der Waals surface area (Å²) >= 11 is 1.82. The number of nitrogens with one attached hydrogen (secondary N) is 3. The molecule has 0 radical (unpaired) electrons. The number of thiazole rings is 1. The van der Waals surface area contributed by atoms with Crippen LogP contribution in [0, 0.1) is 19.8 Å². The van der Waals surface area contributed by atoms with Crippen molar-refractivity contribution >= 4 is 11.3 Å². The fraction of sp³-hybridized carbons (Fsp3) is 0.348. The van der Waals surface area contributed by atoms with Gasteiger partial charge in [0, 0.05) is 36.9 Å². The molecule has 1 aliphatic heterocycles. The number of hydrogen-bond donors (Lipinski definition) is 3. The third-order valence-corrected chi connectivity index (χ3v) is 6.60. The van der Waals surface area contributed by atoms with E-state index in [2.05, 4.69) is 89.6 Å². The average molecular weight is 393 g/mol. The first-order valence-electron chi connectivity index (χ1n) is 9.98. The van der Waals surface area contributed by atoms with Gasteiger partial charge in [0.1, 0.15) is 0 Å². The lowest BCUT2D eigenvalue weighted by atomic mass is 9.93. The van der Waals surface area contributed by atoms with Crippen molar-refractivity contribution in [3.8, 4) is 11.1 Å². The highest BCUT2D eigenvalue weighted by Gasteiger charge is 2.27. The van der Waals surface area contributed by atoms with Crippen molar-refractivity contribution in [2.45, 2.75) is 26.3 Å². The van der Waals surface area contributed by atoms with Gasteiger partial charge in [-0.1, -0.05) is 54.6 Å². The van der Waals surface area contributed by atoms with Crippen molar-refractivity contribution in [1.29, 1.82) is 0 Å². The van der Waals surface area contributed by atoms with E-state index >= 15 is 0 Å². The van der Waals surface area contributed by atoms with Crippen LogP contribution < -0.4 is 16.2 Å². The minimum atomic E-state index is 0.335.